The fourth-order valence-electron chi connectivity index (χ4n) is 2.29. The second-order valence-corrected chi connectivity index (χ2v) is 4.73. The van der Waals surface area contributed by atoms with Gasteiger partial charge in [-0.2, -0.15) is 0 Å². The maximum atomic E-state index is 14.1. The minimum absolute atomic E-state index is 0.0548. The van der Waals surface area contributed by atoms with Gasteiger partial charge in [0.1, 0.15) is 11.9 Å². The van der Waals surface area contributed by atoms with Crippen LogP contribution in [0.25, 0.3) is 0 Å². The lowest BCUT2D eigenvalue weighted by Gasteiger charge is -2.24. The summed E-state index contributed by atoms with van der Waals surface area (Å²) >= 11 is 0. The largest absolute Gasteiger partial charge is 0.492 e. The number of rotatable bonds is 4. The summed E-state index contributed by atoms with van der Waals surface area (Å²) in [5, 5.41) is 4.90. The Bertz CT molecular complexity index is 590. The molecule has 1 unspecified atom stereocenters. The lowest BCUT2D eigenvalue weighted by Crippen LogP contribution is -2.47. The number of benzene rings is 1. The van der Waals surface area contributed by atoms with Crippen LogP contribution in [0.15, 0.2) is 6.07 Å². The van der Waals surface area contributed by atoms with Crippen LogP contribution < -0.4 is 15.4 Å². The Labute approximate surface area is 120 Å². The topological polar surface area (TPSA) is 67.4 Å². The van der Waals surface area contributed by atoms with E-state index in [-0.39, 0.29) is 42.2 Å². The third-order valence-corrected chi connectivity index (χ3v) is 3.39. The van der Waals surface area contributed by atoms with Gasteiger partial charge in [0.05, 0.1) is 12.8 Å². The predicted molar refractivity (Wildman–Crippen MR) is 72.1 cm³/mol. The zero-order valence-corrected chi connectivity index (χ0v) is 11.8. The zero-order valence-electron chi connectivity index (χ0n) is 11.8. The van der Waals surface area contributed by atoms with Crippen molar-refractivity contribution in [2.75, 3.05) is 12.4 Å². The minimum atomic E-state index is -0.783. The molecule has 1 aliphatic heterocycles. The number of halogens is 2. The molecule has 1 heterocycles. The summed E-state index contributed by atoms with van der Waals surface area (Å²) in [5.74, 6) is -2.50. The Kier molecular flexibility index (Phi) is 4.40. The van der Waals surface area contributed by atoms with Gasteiger partial charge in [-0.05, 0) is 12.8 Å². The fraction of sp³-hybridized carbons (Fsp3) is 0.429. The summed E-state index contributed by atoms with van der Waals surface area (Å²) in [6.45, 7) is 1.63. The Hall–Kier alpha value is -2.18. The number of ether oxygens (including phenoxy) is 1. The number of hydrogen-bond donors (Lipinski definition) is 2. The maximum absolute atomic E-state index is 14.1. The van der Waals surface area contributed by atoms with Crippen molar-refractivity contribution < 1.29 is 23.1 Å². The molecule has 5 nitrogen and oxygen atoms in total. The molecule has 1 aromatic carbocycles. The van der Waals surface area contributed by atoms with Crippen molar-refractivity contribution in [1.82, 2.24) is 5.32 Å². The summed E-state index contributed by atoms with van der Waals surface area (Å²) in [5.41, 5.74) is -0.0140. The van der Waals surface area contributed by atoms with Crippen molar-refractivity contribution >= 4 is 17.5 Å². The van der Waals surface area contributed by atoms with Crippen LogP contribution in [-0.2, 0) is 16.0 Å². The van der Waals surface area contributed by atoms with Crippen LogP contribution in [0.3, 0.4) is 0 Å². The summed E-state index contributed by atoms with van der Waals surface area (Å²) < 4.78 is 33.0. The SMILES string of the molecule is CCc1c(F)cc(NC2CCC(=O)NC2=O)c(OC)c1F. The van der Waals surface area contributed by atoms with Gasteiger partial charge in [0.2, 0.25) is 11.8 Å². The molecule has 1 fully saturated rings. The zero-order chi connectivity index (χ0) is 15.6. The van der Waals surface area contributed by atoms with Gasteiger partial charge in [-0.3, -0.25) is 14.9 Å². The highest BCUT2D eigenvalue weighted by molar-refractivity contribution is 6.01. The van der Waals surface area contributed by atoms with Crippen molar-refractivity contribution in [3.05, 3.63) is 23.3 Å². The van der Waals surface area contributed by atoms with E-state index in [2.05, 4.69) is 10.6 Å². The van der Waals surface area contributed by atoms with E-state index in [9.17, 15) is 18.4 Å². The highest BCUT2D eigenvalue weighted by atomic mass is 19.1. The van der Waals surface area contributed by atoms with Crippen LogP contribution >= 0.6 is 0 Å². The molecule has 114 valence electrons. The van der Waals surface area contributed by atoms with Gasteiger partial charge in [-0.15, -0.1) is 0 Å². The standard InChI is InChI=1S/C14H16F2N2O3/c1-3-7-8(15)6-10(13(21-2)12(7)16)17-9-4-5-11(19)18-14(9)20/h6,9,17H,3-5H2,1-2H3,(H,18,19,20). The number of methoxy groups -OCH3 is 1. The van der Waals surface area contributed by atoms with Crippen LogP contribution in [0.1, 0.15) is 25.3 Å². The first kappa shape index (κ1) is 15.2. The summed E-state index contributed by atoms with van der Waals surface area (Å²) in [4.78, 5) is 22.8. The van der Waals surface area contributed by atoms with Gasteiger partial charge in [0.15, 0.2) is 11.6 Å². The van der Waals surface area contributed by atoms with Crippen molar-refractivity contribution in [1.29, 1.82) is 0 Å². The van der Waals surface area contributed by atoms with Gasteiger partial charge < -0.3 is 10.1 Å². The Morgan fingerprint density at radius 2 is 2.14 bits per heavy atom. The summed E-state index contributed by atoms with van der Waals surface area (Å²) in [6.07, 6.45) is 0.614. The second-order valence-electron chi connectivity index (χ2n) is 4.73. The first-order chi connectivity index (χ1) is 9.97. The van der Waals surface area contributed by atoms with Gasteiger partial charge >= 0.3 is 0 Å². The van der Waals surface area contributed by atoms with Crippen molar-refractivity contribution in [3.8, 4) is 5.75 Å². The molecule has 2 rings (SSSR count). The Morgan fingerprint density at radius 3 is 2.71 bits per heavy atom. The number of hydrogen-bond acceptors (Lipinski definition) is 4. The van der Waals surface area contributed by atoms with E-state index in [1.165, 1.54) is 7.11 Å². The van der Waals surface area contributed by atoms with Crippen molar-refractivity contribution in [2.24, 2.45) is 0 Å². The first-order valence-corrected chi connectivity index (χ1v) is 6.63. The number of carbonyl (C=O) groups excluding carboxylic acids is 2. The summed E-state index contributed by atoms with van der Waals surface area (Å²) in [7, 11) is 1.27. The number of piperidine rings is 1. The third kappa shape index (κ3) is 2.96. The van der Waals surface area contributed by atoms with Crippen LogP contribution in [0.2, 0.25) is 0 Å². The highest BCUT2D eigenvalue weighted by Crippen LogP contribution is 2.33. The molecule has 0 aliphatic carbocycles. The number of carbonyl (C=O) groups is 2. The van der Waals surface area contributed by atoms with E-state index < -0.39 is 23.6 Å². The fourth-order valence-corrected chi connectivity index (χ4v) is 2.29. The lowest BCUT2D eigenvalue weighted by atomic mass is 10.0. The molecule has 1 atom stereocenters. The predicted octanol–water partition coefficient (Wildman–Crippen LogP) is 1.75. The molecular weight excluding hydrogens is 282 g/mol. The maximum Gasteiger partial charge on any atom is 0.249 e. The number of anilines is 1. The quantitative estimate of drug-likeness (QED) is 0.831. The molecule has 0 bridgehead atoms. The van der Waals surface area contributed by atoms with Crippen molar-refractivity contribution in [3.63, 3.8) is 0 Å². The van der Waals surface area contributed by atoms with Gasteiger partial charge in [-0.1, -0.05) is 6.92 Å². The highest BCUT2D eigenvalue weighted by Gasteiger charge is 2.28. The van der Waals surface area contributed by atoms with E-state index in [4.69, 9.17) is 4.74 Å². The number of nitrogens with one attached hydrogen (secondary N) is 2. The van der Waals surface area contributed by atoms with Gasteiger partial charge in [0, 0.05) is 18.1 Å². The molecule has 0 spiro atoms. The molecule has 2 amide bonds. The molecule has 1 aliphatic rings. The van der Waals surface area contributed by atoms with Gasteiger partial charge in [-0.25, -0.2) is 8.78 Å². The monoisotopic (exact) mass is 298 g/mol. The van der Waals surface area contributed by atoms with Crippen LogP contribution in [0.5, 0.6) is 5.75 Å². The van der Waals surface area contributed by atoms with Crippen LogP contribution in [0, 0.1) is 11.6 Å². The molecule has 21 heavy (non-hydrogen) atoms. The van der Waals surface area contributed by atoms with E-state index in [0.29, 0.717) is 0 Å². The van der Waals surface area contributed by atoms with Crippen molar-refractivity contribution in [2.45, 2.75) is 32.2 Å². The minimum Gasteiger partial charge on any atom is -0.492 e. The van der Waals surface area contributed by atoms with Crippen LogP contribution in [-0.4, -0.2) is 25.0 Å². The normalized spacial score (nSPS) is 18.4. The Morgan fingerprint density at radius 1 is 1.43 bits per heavy atom. The smallest absolute Gasteiger partial charge is 0.249 e. The Balaban J connectivity index is 2.31. The molecule has 0 radical (unpaired) electrons. The van der Waals surface area contributed by atoms with E-state index in [0.717, 1.165) is 6.07 Å². The summed E-state index contributed by atoms with van der Waals surface area (Å²) in [6, 6.07) is 0.368. The molecular formula is C14H16F2N2O3. The van der Waals surface area contributed by atoms with E-state index >= 15 is 0 Å². The molecule has 1 aromatic rings. The molecule has 2 N–H and O–H groups in total. The second kappa shape index (κ2) is 6.07. The molecule has 7 heteroatoms. The average molecular weight is 298 g/mol. The molecule has 0 aromatic heterocycles. The van der Waals surface area contributed by atoms with Crippen LogP contribution in [0.4, 0.5) is 14.5 Å². The average Bonchev–Trinajstić information content (AvgIpc) is 2.42. The molecule has 0 saturated carbocycles. The third-order valence-electron chi connectivity index (χ3n) is 3.39. The van der Waals surface area contributed by atoms with E-state index in [1.807, 2.05) is 0 Å². The number of amides is 2. The number of imide groups is 1. The van der Waals surface area contributed by atoms with E-state index in [1.54, 1.807) is 6.92 Å². The molecule has 1 saturated heterocycles. The first-order valence-electron chi connectivity index (χ1n) is 6.63. The van der Waals surface area contributed by atoms with Gasteiger partial charge in [0.25, 0.3) is 0 Å². The lowest BCUT2D eigenvalue weighted by molar-refractivity contribution is -0.133.